The molecule has 1 fully saturated rings. The van der Waals surface area contributed by atoms with Gasteiger partial charge >= 0.3 is 0 Å². The standard InChI is InChI=1S/C17H27NO/c1-13-10-11-17(13,12-18-16(2,3)4)14-8-6-7-9-15(14)19-5/h6-9,13,18H,10-12H2,1-5H3. The van der Waals surface area contributed by atoms with Crippen LogP contribution in [0.3, 0.4) is 0 Å². The number of methoxy groups -OCH3 is 1. The molecule has 0 heterocycles. The van der Waals surface area contributed by atoms with Crippen LogP contribution in [0.15, 0.2) is 24.3 Å². The lowest BCUT2D eigenvalue weighted by atomic mass is 9.57. The van der Waals surface area contributed by atoms with E-state index in [1.807, 2.05) is 0 Å². The summed E-state index contributed by atoms with van der Waals surface area (Å²) < 4.78 is 5.58. The van der Waals surface area contributed by atoms with Crippen molar-refractivity contribution >= 4 is 0 Å². The number of nitrogens with one attached hydrogen (secondary N) is 1. The molecule has 19 heavy (non-hydrogen) atoms. The average Bonchev–Trinajstić information content (AvgIpc) is 2.37. The van der Waals surface area contributed by atoms with Crippen LogP contribution in [0.25, 0.3) is 0 Å². The molecule has 1 N–H and O–H groups in total. The molecule has 2 unspecified atom stereocenters. The van der Waals surface area contributed by atoms with Gasteiger partial charge in [-0.2, -0.15) is 0 Å². The number of rotatable bonds is 4. The van der Waals surface area contributed by atoms with Crippen molar-refractivity contribution in [3.05, 3.63) is 29.8 Å². The van der Waals surface area contributed by atoms with Gasteiger partial charge in [0.05, 0.1) is 7.11 Å². The van der Waals surface area contributed by atoms with Crippen molar-refractivity contribution < 1.29 is 4.74 Å². The van der Waals surface area contributed by atoms with Crippen LogP contribution in [-0.4, -0.2) is 19.2 Å². The highest BCUT2D eigenvalue weighted by molar-refractivity contribution is 5.42. The van der Waals surface area contributed by atoms with Crippen molar-refractivity contribution in [1.29, 1.82) is 0 Å². The Labute approximate surface area is 117 Å². The highest BCUT2D eigenvalue weighted by Gasteiger charge is 2.46. The van der Waals surface area contributed by atoms with E-state index < -0.39 is 0 Å². The molecular formula is C17H27NO. The second-order valence-electron chi connectivity index (χ2n) is 6.90. The fourth-order valence-electron chi connectivity index (χ4n) is 3.02. The Morgan fingerprint density at radius 3 is 2.47 bits per heavy atom. The zero-order valence-corrected chi connectivity index (χ0v) is 12.9. The molecule has 0 amide bonds. The molecule has 1 aliphatic carbocycles. The number of hydrogen-bond acceptors (Lipinski definition) is 2. The van der Waals surface area contributed by atoms with Crippen LogP contribution in [-0.2, 0) is 5.41 Å². The lowest BCUT2D eigenvalue weighted by Gasteiger charge is -2.50. The molecule has 2 nitrogen and oxygen atoms in total. The Kier molecular flexibility index (Phi) is 3.91. The highest BCUT2D eigenvalue weighted by atomic mass is 16.5. The molecule has 2 atom stereocenters. The van der Waals surface area contributed by atoms with Crippen molar-refractivity contribution in [1.82, 2.24) is 5.32 Å². The number of para-hydroxylation sites is 1. The maximum atomic E-state index is 5.58. The third-order valence-corrected chi connectivity index (χ3v) is 4.54. The normalized spacial score (nSPS) is 26.9. The predicted octanol–water partition coefficient (Wildman–Crippen LogP) is 3.75. The SMILES string of the molecule is COc1ccccc1C1(CNC(C)(C)C)CCC1C. The van der Waals surface area contributed by atoms with E-state index in [1.54, 1.807) is 7.11 Å². The quantitative estimate of drug-likeness (QED) is 0.891. The first-order valence-corrected chi connectivity index (χ1v) is 7.27. The molecule has 2 heteroatoms. The van der Waals surface area contributed by atoms with E-state index in [2.05, 4.69) is 57.3 Å². The number of hydrogen-bond donors (Lipinski definition) is 1. The lowest BCUT2D eigenvalue weighted by molar-refractivity contribution is 0.120. The van der Waals surface area contributed by atoms with Crippen LogP contribution < -0.4 is 10.1 Å². The summed E-state index contributed by atoms with van der Waals surface area (Å²) in [4.78, 5) is 0. The number of ether oxygens (including phenoxy) is 1. The Bertz CT molecular complexity index is 435. The zero-order valence-electron chi connectivity index (χ0n) is 12.9. The first-order chi connectivity index (χ1) is 8.89. The molecular weight excluding hydrogens is 234 g/mol. The third-order valence-electron chi connectivity index (χ3n) is 4.54. The second kappa shape index (κ2) is 5.16. The van der Waals surface area contributed by atoms with E-state index in [4.69, 9.17) is 4.74 Å². The van der Waals surface area contributed by atoms with Crippen LogP contribution in [0.2, 0.25) is 0 Å². The molecule has 1 aromatic carbocycles. The minimum Gasteiger partial charge on any atom is -0.496 e. The van der Waals surface area contributed by atoms with Gasteiger partial charge in [-0.05, 0) is 45.6 Å². The van der Waals surface area contributed by atoms with Crippen molar-refractivity contribution in [2.45, 2.75) is 51.5 Å². The summed E-state index contributed by atoms with van der Waals surface area (Å²) in [6.45, 7) is 10.1. The predicted molar refractivity (Wildman–Crippen MR) is 80.8 cm³/mol. The van der Waals surface area contributed by atoms with Crippen molar-refractivity contribution in [3.8, 4) is 5.75 Å². The summed E-state index contributed by atoms with van der Waals surface area (Å²) in [7, 11) is 1.77. The maximum Gasteiger partial charge on any atom is 0.122 e. The summed E-state index contributed by atoms with van der Waals surface area (Å²) in [5, 5.41) is 3.69. The van der Waals surface area contributed by atoms with Gasteiger partial charge in [0.2, 0.25) is 0 Å². The fraction of sp³-hybridized carbons (Fsp3) is 0.647. The summed E-state index contributed by atoms with van der Waals surface area (Å²) in [5.74, 6) is 1.74. The van der Waals surface area contributed by atoms with Crippen molar-refractivity contribution in [2.75, 3.05) is 13.7 Å². The van der Waals surface area contributed by atoms with E-state index >= 15 is 0 Å². The molecule has 0 spiro atoms. The minimum absolute atomic E-state index is 0.157. The van der Waals surface area contributed by atoms with Crippen LogP contribution in [0.5, 0.6) is 5.75 Å². The summed E-state index contributed by atoms with van der Waals surface area (Å²) in [6.07, 6.45) is 2.56. The molecule has 0 radical (unpaired) electrons. The third kappa shape index (κ3) is 2.79. The second-order valence-corrected chi connectivity index (χ2v) is 6.90. The summed E-state index contributed by atoms with van der Waals surface area (Å²) in [6, 6.07) is 8.50. The molecule has 0 saturated heterocycles. The van der Waals surface area contributed by atoms with Crippen LogP contribution >= 0.6 is 0 Å². The molecule has 1 aliphatic rings. The molecule has 0 aromatic heterocycles. The van der Waals surface area contributed by atoms with E-state index in [0.29, 0.717) is 5.92 Å². The minimum atomic E-state index is 0.157. The molecule has 2 rings (SSSR count). The Hall–Kier alpha value is -1.02. The van der Waals surface area contributed by atoms with E-state index in [9.17, 15) is 0 Å². The first-order valence-electron chi connectivity index (χ1n) is 7.27. The lowest BCUT2D eigenvalue weighted by Crippen LogP contribution is -2.54. The van der Waals surface area contributed by atoms with E-state index in [0.717, 1.165) is 12.3 Å². The van der Waals surface area contributed by atoms with Crippen LogP contribution in [0, 0.1) is 5.92 Å². The molecule has 0 aliphatic heterocycles. The van der Waals surface area contributed by atoms with Gasteiger partial charge in [-0.1, -0.05) is 25.1 Å². The Morgan fingerprint density at radius 1 is 1.32 bits per heavy atom. The molecule has 1 aromatic rings. The van der Waals surface area contributed by atoms with Gasteiger partial charge < -0.3 is 10.1 Å². The number of benzene rings is 1. The average molecular weight is 261 g/mol. The van der Waals surface area contributed by atoms with Gasteiger partial charge in [0.15, 0.2) is 0 Å². The van der Waals surface area contributed by atoms with Gasteiger partial charge in [-0.15, -0.1) is 0 Å². The van der Waals surface area contributed by atoms with E-state index in [1.165, 1.54) is 18.4 Å². The van der Waals surface area contributed by atoms with Crippen molar-refractivity contribution in [2.24, 2.45) is 5.92 Å². The molecule has 106 valence electrons. The summed E-state index contributed by atoms with van der Waals surface area (Å²) in [5.41, 5.74) is 1.76. The smallest absolute Gasteiger partial charge is 0.122 e. The highest BCUT2D eigenvalue weighted by Crippen LogP contribution is 2.51. The zero-order chi connectivity index (χ0) is 14.1. The van der Waals surface area contributed by atoms with Gasteiger partial charge in [0, 0.05) is 23.1 Å². The van der Waals surface area contributed by atoms with E-state index in [-0.39, 0.29) is 11.0 Å². The fourth-order valence-corrected chi connectivity index (χ4v) is 3.02. The van der Waals surface area contributed by atoms with Gasteiger partial charge in [-0.25, -0.2) is 0 Å². The maximum absolute atomic E-state index is 5.58. The molecule has 0 bridgehead atoms. The van der Waals surface area contributed by atoms with Crippen LogP contribution in [0.1, 0.15) is 46.1 Å². The monoisotopic (exact) mass is 261 g/mol. The Morgan fingerprint density at radius 2 is 2.00 bits per heavy atom. The van der Waals surface area contributed by atoms with Crippen LogP contribution in [0.4, 0.5) is 0 Å². The van der Waals surface area contributed by atoms with Gasteiger partial charge in [0.25, 0.3) is 0 Å². The Balaban J connectivity index is 2.29. The molecule has 1 saturated carbocycles. The first kappa shape index (κ1) is 14.4. The van der Waals surface area contributed by atoms with Crippen molar-refractivity contribution in [3.63, 3.8) is 0 Å². The summed E-state index contributed by atoms with van der Waals surface area (Å²) >= 11 is 0. The largest absolute Gasteiger partial charge is 0.496 e. The van der Waals surface area contributed by atoms with Gasteiger partial charge in [0.1, 0.15) is 5.75 Å². The topological polar surface area (TPSA) is 21.3 Å². The van der Waals surface area contributed by atoms with Gasteiger partial charge in [-0.3, -0.25) is 0 Å².